The Hall–Kier alpha value is -1.33. The molecule has 1 N–H and O–H groups in total. The molecule has 0 radical (unpaired) electrons. The number of aliphatic hydroxyl groups is 1. The van der Waals surface area contributed by atoms with Gasteiger partial charge >= 0.3 is 0 Å². The number of nitriles is 1. The molecule has 0 heterocycles. The van der Waals surface area contributed by atoms with Gasteiger partial charge in [0.15, 0.2) is 0 Å². The van der Waals surface area contributed by atoms with Gasteiger partial charge in [0.2, 0.25) is 0 Å². The topological polar surface area (TPSA) is 44.0 Å². The Morgan fingerprint density at radius 3 is 2.30 bits per heavy atom. The number of nitrogens with zero attached hydrogens (tertiary/aromatic N) is 1. The van der Waals surface area contributed by atoms with Crippen LogP contribution in [0.15, 0.2) is 18.2 Å². The zero-order chi connectivity index (χ0) is 15.0. The van der Waals surface area contributed by atoms with Gasteiger partial charge < -0.3 is 5.11 Å². The van der Waals surface area contributed by atoms with Crippen LogP contribution >= 0.6 is 0 Å². The molecular formula is C18H25NO. The van der Waals surface area contributed by atoms with Gasteiger partial charge in [-0.25, -0.2) is 0 Å². The van der Waals surface area contributed by atoms with Crippen molar-refractivity contribution in [3.05, 3.63) is 34.9 Å². The van der Waals surface area contributed by atoms with Gasteiger partial charge in [-0.2, -0.15) is 5.26 Å². The molecule has 2 heteroatoms. The molecule has 1 aromatic rings. The van der Waals surface area contributed by atoms with E-state index in [2.05, 4.69) is 26.0 Å². The van der Waals surface area contributed by atoms with E-state index >= 15 is 0 Å². The summed E-state index contributed by atoms with van der Waals surface area (Å²) in [5, 5.41) is 20.5. The molecule has 1 aliphatic rings. The highest BCUT2D eigenvalue weighted by Gasteiger charge is 2.44. The molecule has 0 amide bonds. The maximum absolute atomic E-state index is 10.8. The minimum Gasteiger partial charge on any atom is -0.387 e. The van der Waals surface area contributed by atoms with E-state index < -0.39 is 11.5 Å². The monoisotopic (exact) mass is 271 g/mol. The highest BCUT2D eigenvalue weighted by molar-refractivity contribution is 5.34. The number of benzene rings is 1. The molecule has 20 heavy (non-hydrogen) atoms. The van der Waals surface area contributed by atoms with Crippen LogP contribution in [0.4, 0.5) is 0 Å². The Balaban J connectivity index is 2.33. The Kier molecular flexibility index (Phi) is 3.93. The first kappa shape index (κ1) is 15.1. The summed E-state index contributed by atoms with van der Waals surface area (Å²) in [6.07, 6.45) is 2.89. The van der Waals surface area contributed by atoms with Crippen molar-refractivity contribution >= 4 is 0 Å². The van der Waals surface area contributed by atoms with Crippen molar-refractivity contribution < 1.29 is 5.11 Å². The maximum Gasteiger partial charge on any atom is 0.0978 e. The molecule has 2 nitrogen and oxygen atoms in total. The molecule has 108 valence electrons. The van der Waals surface area contributed by atoms with Crippen LogP contribution in [0.5, 0.6) is 0 Å². The van der Waals surface area contributed by atoms with Crippen molar-refractivity contribution in [1.29, 1.82) is 5.26 Å². The van der Waals surface area contributed by atoms with Gasteiger partial charge in [0.1, 0.15) is 0 Å². The van der Waals surface area contributed by atoms with Gasteiger partial charge in [-0.3, -0.25) is 0 Å². The molecule has 0 bridgehead atoms. The standard InChI is InChI=1S/C18H25NO/c1-13-5-6-14(2)15(11-13)16(20)18(12-19)9-7-17(3,4)8-10-18/h5-6,11,16,20H,7-10H2,1-4H3. The fourth-order valence-electron chi connectivity index (χ4n) is 3.17. The quantitative estimate of drug-likeness (QED) is 0.863. The van der Waals surface area contributed by atoms with E-state index in [1.54, 1.807) is 0 Å². The Morgan fingerprint density at radius 2 is 1.75 bits per heavy atom. The SMILES string of the molecule is Cc1ccc(C)c(C(O)C2(C#N)CCC(C)(C)CC2)c1. The summed E-state index contributed by atoms with van der Waals surface area (Å²) in [6, 6.07) is 8.56. The minimum absolute atomic E-state index is 0.293. The van der Waals surface area contributed by atoms with Crippen LogP contribution in [-0.2, 0) is 0 Å². The molecule has 1 unspecified atom stereocenters. The van der Waals surface area contributed by atoms with E-state index in [9.17, 15) is 10.4 Å². The van der Waals surface area contributed by atoms with Gasteiger partial charge in [-0.15, -0.1) is 0 Å². The lowest BCUT2D eigenvalue weighted by atomic mass is 9.62. The third kappa shape index (κ3) is 2.74. The van der Waals surface area contributed by atoms with Crippen molar-refractivity contribution in [3.8, 4) is 6.07 Å². The van der Waals surface area contributed by atoms with Crippen molar-refractivity contribution in [3.63, 3.8) is 0 Å². The highest BCUT2D eigenvalue weighted by atomic mass is 16.3. The van der Waals surface area contributed by atoms with E-state index in [-0.39, 0.29) is 0 Å². The minimum atomic E-state index is -0.677. The molecule has 0 aromatic heterocycles. The average molecular weight is 271 g/mol. The second-order valence-corrected chi connectivity index (χ2v) is 7.19. The number of rotatable bonds is 2. The average Bonchev–Trinajstić information content (AvgIpc) is 2.41. The third-order valence-corrected chi connectivity index (χ3v) is 4.97. The summed E-state index contributed by atoms with van der Waals surface area (Å²) < 4.78 is 0. The van der Waals surface area contributed by atoms with E-state index in [0.717, 1.165) is 42.4 Å². The van der Waals surface area contributed by atoms with E-state index in [1.807, 2.05) is 26.0 Å². The number of aliphatic hydroxyl groups excluding tert-OH is 1. The van der Waals surface area contributed by atoms with E-state index in [4.69, 9.17) is 0 Å². The fraction of sp³-hybridized carbons (Fsp3) is 0.611. The van der Waals surface area contributed by atoms with Gasteiger partial charge in [0.25, 0.3) is 0 Å². The summed E-state index contributed by atoms with van der Waals surface area (Å²) in [5.74, 6) is 0. The molecule has 0 spiro atoms. The van der Waals surface area contributed by atoms with Crippen LogP contribution < -0.4 is 0 Å². The summed E-state index contributed by atoms with van der Waals surface area (Å²) in [6.45, 7) is 8.53. The zero-order valence-corrected chi connectivity index (χ0v) is 13.0. The molecule has 1 aliphatic carbocycles. The summed E-state index contributed by atoms with van der Waals surface area (Å²) >= 11 is 0. The smallest absolute Gasteiger partial charge is 0.0978 e. The van der Waals surface area contributed by atoms with Crippen LogP contribution in [0.25, 0.3) is 0 Å². The van der Waals surface area contributed by atoms with Crippen LogP contribution in [0.3, 0.4) is 0 Å². The third-order valence-electron chi connectivity index (χ3n) is 4.97. The Morgan fingerprint density at radius 1 is 1.15 bits per heavy atom. The van der Waals surface area contributed by atoms with Crippen LogP contribution in [0, 0.1) is 36.0 Å². The second kappa shape index (κ2) is 5.22. The zero-order valence-electron chi connectivity index (χ0n) is 13.0. The summed E-state index contributed by atoms with van der Waals surface area (Å²) in [5.41, 5.74) is 2.80. The molecule has 1 saturated carbocycles. The normalized spacial score (nSPS) is 22.0. The van der Waals surface area contributed by atoms with Crippen molar-refractivity contribution in [2.24, 2.45) is 10.8 Å². The van der Waals surface area contributed by atoms with Gasteiger partial charge in [0.05, 0.1) is 17.6 Å². The lowest BCUT2D eigenvalue weighted by Gasteiger charge is -2.42. The number of aryl methyl sites for hydroxylation is 2. The Bertz CT molecular complexity index is 529. The molecule has 2 rings (SSSR count). The molecule has 1 fully saturated rings. The summed E-state index contributed by atoms with van der Waals surface area (Å²) in [7, 11) is 0. The van der Waals surface area contributed by atoms with E-state index in [1.165, 1.54) is 0 Å². The Labute approximate surface area is 122 Å². The largest absolute Gasteiger partial charge is 0.387 e. The first-order valence-corrected chi connectivity index (χ1v) is 7.46. The summed E-state index contributed by atoms with van der Waals surface area (Å²) in [4.78, 5) is 0. The predicted molar refractivity (Wildman–Crippen MR) is 81.2 cm³/mol. The predicted octanol–water partition coefficient (Wildman–Crippen LogP) is 4.45. The molecule has 1 aromatic carbocycles. The second-order valence-electron chi connectivity index (χ2n) is 7.19. The van der Waals surface area contributed by atoms with Gasteiger partial charge in [0, 0.05) is 0 Å². The lowest BCUT2D eigenvalue weighted by molar-refractivity contribution is 0.00917. The van der Waals surface area contributed by atoms with Gasteiger partial charge in [-0.05, 0) is 56.1 Å². The molecular weight excluding hydrogens is 246 g/mol. The lowest BCUT2D eigenvalue weighted by Crippen LogP contribution is -2.35. The maximum atomic E-state index is 10.8. The van der Waals surface area contributed by atoms with Crippen molar-refractivity contribution in [1.82, 2.24) is 0 Å². The van der Waals surface area contributed by atoms with Crippen LogP contribution in [0.1, 0.15) is 62.3 Å². The molecule has 0 aliphatic heterocycles. The number of hydrogen-bond acceptors (Lipinski definition) is 2. The van der Waals surface area contributed by atoms with Gasteiger partial charge in [-0.1, -0.05) is 37.6 Å². The number of hydrogen-bond donors (Lipinski definition) is 1. The van der Waals surface area contributed by atoms with Crippen LogP contribution in [-0.4, -0.2) is 5.11 Å². The van der Waals surface area contributed by atoms with E-state index in [0.29, 0.717) is 5.41 Å². The highest BCUT2D eigenvalue weighted by Crippen LogP contribution is 2.51. The van der Waals surface area contributed by atoms with Crippen LogP contribution in [0.2, 0.25) is 0 Å². The molecule has 0 saturated heterocycles. The first-order valence-electron chi connectivity index (χ1n) is 7.46. The van der Waals surface area contributed by atoms with Crippen molar-refractivity contribution in [2.45, 2.75) is 59.5 Å². The molecule has 1 atom stereocenters. The van der Waals surface area contributed by atoms with Crippen molar-refractivity contribution in [2.75, 3.05) is 0 Å². The fourth-order valence-corrected chi connectivity index (χ4v) is 3.17. The first-order chi connectivity index (χ1) is 9.30.